The van der Waals surface area contributed by atoms with Crippen LogP contribution in [-0.4, -0.2) is 11.7 Å². The van der Waals surface area contributed by atoms with Gasteiger partial charge >= 0.3 is 0 Å². The summed E-state index contributed by atoms with van der Waals surface area (Å²) < 4.78 is 13.3. The van der Waals surface area contributed by atoms with Gasteiger partial charge in [0.1, 0.15) is 5.82 Å². The average molecular weight is 212 g/mol. The lowest BCUT2D eigenvalue weighted by Crippen LogP contribution is -2.28. The molecule has 14 heavy (non-hydrogen) atoms. The van der Waals surface area contributed by atoms with Gasteiger partial charge in [0.25, 0.3) is 0 Å². The molecule has 1 rings (SSSR count). The van der Waals surface area contributed by atoms with E-state index in [1.807, 2.05) is 19.9 Å². The number of anilines is 1. The highest BCUT2D eigenvalue weighted by Gasteiger charge is 2.05. The fourth-order valence-corrected chi connectivity index (χ4v) is 1.35. The van der Waals surface area contributed by atoms with Crippen LogP contribution in [-0.2, 0) is 0 Å². The molecule has 4 heteroatoms. The van der Waals surface area contributed by atoms with Gasteiger partial charge in [-0.25, -0.2) is 4.39 Å². The second-order valence-corrected chi connectivity index (χ2v) is 3.32. The molecule has 0 aliphatic rings. The van der Waals surface area contributed by atoms with Gasteiger partial charge in [-0.05, 0) is 37.7 Å². The van der Waals surface area contributed by atoms with Gasteiger partial charge in [-0.3, -0.25) is 0 Å². The molecule has 0 aromatic heterocycles. The minimum Gasteiger partial charge on any atom is -0.363 e. The number of para-hydroxylation sites is 1. The fourth-order valence-electron chi connectivity index (χ4n) is 1.11. The first-order valence-corrected chi connectivity index (χ1v) is 4.86. The third-order valence-corrected chi connectivity index (χ3v) is 2.04. The summed E-state index contributed by atoms with van der Waals surface area (Å²) in [5.41, 5.74) is 1.28. The Morgan fingerprint density at radius 3 is 2.79 bits per heavy atom. The second kappa shape index (κ2) is 4.91. The molecule has 0 saturated carbocycles. The minimum atomic E-state index is -0.287. The summed E-state index contributed by atoms with van der Waals surface area (Å²) in [5.74, 6) is -0.287. The average Bonchev–Trinajstić information content (AvgIpc) is 2.12. The zero-order valence-electron chi connectivity index (χ0n) is 8.23. The summed E-state index contributed by atoms with van der Waals surface area (Å²) in [5, 5.41) is 6.17. The van der Waals surface area contributed by atoms with Crippen LogP contribution in [0.4, 0.5) is 10.1 Å². The summed E-state index contributed by atoms with van der Waals surface area (Å²) in [6.07, 6.45) is 0. The largest absolute Gasteiger partial charge is 0.363 e. The molecular weight excluding hydrogens is 199 g/mol. The Balaban J connectivity index is 2.80. The number of halogens is 1. The van der Waals surface area contributed by atoms with Crippen LogP contribution in [0.1, 0.15) is 12.5 Å². The van der Waals surface area contributed by atoms with Crippen LogP contribution in [0, 0.1) is 12.7 Å². The van der Waals surface area contributed by atoms with Crippen molar-refractivity contribution in [2.24, 2.45) is 0 Å². The normalized spacial score (nSPS) is 9.64. The molecule has 76 valence electrons. The molecule has 0 atom stereocenters. The van der Waals surface area contributed by atoms with Crippen molar-refractivity contribution in [3.63, 3.8) is 0 Å². The Morgan fingerprint density at radius 2 is 2.21 bits per heavy atom. The first kappa shape index (κ1) is 10.9. The van der Waals surface area contributed by atoms with Crippen LogP contribution in [0.2, 0.25) is 0 Å². The van der Waals surface area contributed by atoms with E-state index in [0.717, 1.165) is 12.1 Å². The van der Waals surface area contributed by atoms with E-state index >= 15 is 0 Å². The Labute approximate surface area is 88.5 Å². The van der Waals surface area contributed by atoms with Gasteiger partial charge < -0.3 is 10.6 Å². The highest BCUT2D eigenvalue weighted by atomic mass is 32.1. The molecule has 0 aliphatic heterocycles. The number of aryl methyl sites for hydroxylation is 1. The Bertz CT molecular complexity index is 319. The van der Waals surface area contributed by atoms with Crippen molar-refractivity contribution in [2.75, 3.05) is 11.9 Å². The van der Waals surface area contributed by atoms with E-state index in [9.17, 15) is 4.39 Å². The maximum absolute atomic E-state index is 13.3. The van der Waals surface area contributed by atoms with Crippen molar-refractivity contribution in [2.45, 2.75) is 13.8 Å². The van der Waals surface area contributed by atoms with Crippen molar-refractivity contribution in [1.29, 1.82) is 0 Å². The van der Waals surface area contributed by atoms with Gasteiger partial charge in [0, 0.05) is 6.54 Å². The molecule has 0 aliphatic carbocycles. The zero-order valence-corrected chi connectivity index (χ0v) is 9.04. The molecule has 0 bridgehead atoms. The zero-order chi connectivity index (χ0) is 10.6. The van der Waals surface area contributed by atoms with E-state index in [-0.39, 0.29) is 5.82 Å². The van der Waals surface area contributed by atoms with Crippen molar-refractivity contribution < 1.29 is 4.39 Å². The molecule has 0 heterocycles. The molecule has 0 radical (unpaired) electrons. The van der Waals surface area contributed by atoms with Crippen LogP contribution >= 0.6 is 12.2 Å². The summed E-state index contributed by atoms with van der Waals surface area (Å²) in [7, 11) is 0. The summed E-state index contributed by atoms with van der Waals surface area (Å²) >= 11 is 4.97. The van der Waals surface area contributed by atoms with Crippen LogP contribution in [0.15, 0.2) is 18.2 Å². The quantitative estimate of drug-likeness (QED) is 0.736. The molecule has 0 fully saturated rings. The van der Waals surface area contributed by atoms with Gasteiger partial charge in [0.05, 0.1) is 5.69 Å². The molecule has 0 spiro atoms. The van der Waals surface area contributed by atoms with Crippen LogP contribution in [0.3, 0.4) is 0 Å². The third-order valence-electron chi connectivity index (χ3n) is 1.80. The molecule has 2 N–H and O–H groups in total. The molecule has 0 saturated heterocycles. The fraction of sp³-hybridized carbons (Fsp3) is 0.300. The maximum Gasteiger partial charge on any atom is 0.170 e. The van der Waals surface area contributed by atoms with Crippen molar-refractivity contribution >= 4 is 23.0 Å². The van der Waals surface area contributed by atoms with Crippen LogP contribution in [0.5, 0.6) is 0 Å². The smallest absolute Gasteiger partial charge is 0.170 e. The van der Waals surface area contributed by atoms with E-state index in [2.05, 4.69) is 10.6 Å². The monoisotopic (exact) mass is 212 g/mol. The lowest BCUT2D eigenvalue weighted by Gasteiger charge is -2.11. The van der Waals surface area contributed by atoms with Crippen LogP contribution < -0.4 is 10.6 Å². The third kappa shape index (κ3) is 2.67. The Hall–Kier alpha value is -1.16. The second-order valence-electron chi connectivity index (χ2n) is 2.92. The Morgan fingerprint density at radius 1 is 1.50 bits per heavy atom. The molecule has 1 aromatic rings. The predicted molar refractivity (Wildman–Crippen MR) is 61.0 cm³/mol. The van der Waals surface area contributed by atoms with Crippen molar-refractivity contribution in [3.05, 3.63) is 29.6 Å². The first-order valence-electron chi connectivity index (χ1n) is 4.45. The van der Waals surface area contributed by atoms with Gasteiger partial charge in [-0.1, -0.05) is 12.1 Å². The summed E-state index contributed by atoms with van der Waals surface area (Å²) in [6.45, 7) is 4.49. The number of rotatable bonds is 2. The van der Waals surface area contributed by atoms with E-state index < -0.39 is 0 Å². The highest BCUT2D eigenvalue weighted by Crippen LogP contribution is 2.18. The van der Waals surface area contributed by atoms with E-state index in [1.165, 1.54) is 6.07 Å². The molecule has 1 aromatic carbocycles. The highest BCUT2D eigenvalue weighted by molar-refractivity contribution is 7.80. The van der Waals surface area contributed by atoms with Gasteiger partial charge in [-0.2, -0.15) is 0 Å². The van der Waals surface area contributed by atoms with E-state index in [1.54, 1.807) is 6.07 Å². The lowest BCUT2D eigenvalue weighted by molar-refractivity contribution is 0.631. The van der Waals surface area contributed by atoms with E-state index in [4.69, 9.17) is 12.2 Å². The number of thiocarbonyl (C=S) groups is 1. The number of benzene rings is 1. The molecule has 2 nitrogen and oxygen atoms in total. The maximum atomic E-state index is 13.3. The predicted octanol–water partition coefficient (Wildman–Crippen LogP) is 2.44. The summed E-state index contributed by atoms with van der Waals surface area (Å²) in [4.78, 5) is 0. The Kier molecular flexibility index (Phi) is 3.83. The molecule has 0 unspecified atom stereocenters. The van der Waals surface area contributed by atoms with Crippen molar-refractivity contribution in [3.8, 4) is 0 Å². The molecular formula is C10H13FN2S. The van der Waals surface area contributed by atoms with E-state index in [0.29, 0.717) is 10.8 Å². The van der Waals surface area contributed by atoms with Gasteiger partial charge in [0.15, 0.2) is 5.11 Å². The van der Waals surface area contributed by atoms with Gasteiger partial charge in [-0.15, -0.1) is 0 Å². The first-order chi connectivity index (χ1) is 6.65. The number of hydrogen-bond donors (Lipinski definition) is 2. The number of hydrogen-bond acceptors (Lipinski definition) is 1. The minimum absolute atomic E-state index is 0.287. The lowest BCUT2D eigenvalue weighted by atomic mass is 10.2. The SMILES string of the molecule is CCNC(=S)Nc1c(C)cccc1F. The van der Waals surface area contributed by atoms with Crippen LogP contribution in [0.25, 0.3) is 0 Å². The summed E-state index contributed by atoms with van der Waals surface area (Å²) in [6, 6.07) is 4.91. The van der Waals surface area contributed by atoms with Crippen molar-refractivity contribution in [1.82, 2.24) is 5.32 Å². The molecule has 0 amide bonds. The standard InChI is InChI=1S/C10H13FN2S/c1-3-12-10(14)13-9-7(2)5-4-6-8(9)11/h4-6H,3H2,1-2H3,(H2,12,13,14). The topological polar surface area (TPSA) is 24.1 Å². The number of nitrogens with one attached hydrogen (secondary N) is 2. The van der Waals surface area contributed by atoms with Gasteiger partial charge in [0.2, 0.25) is 0 Å².